The Bertz CT molecular complexity index is 1170. The molecule has 2 amide bonds. The largest absolute Gasteiger partial charge is 0.490 e. The van der Waals surface area contributed by atoms with Crippen molar-refractivity contribution in [3.05, 3.63) is 23.9 Å². The second kappa shape index (κ2) is 11.2. The molecule has 0 aliphatic carbocycles. The van der Waals surface area contributed by atoms with Gasteiger partial charge in [0.2, 0.25) is 0 Å². The number of aromatic nitrogens is 2. The molecule has 0 N–H and O–H groups in total. The van der Waals surface area contributed by atoms with E-state index < -0.39 is 5.60 Å². The minimum atomic E-state index is -0.530. The van der Waals surface area contributed by atoms with Crippen LogP contribution in [-0.4, -0.2) is 81.5 Å². The van der Waals surface area contributed by atoms with Crippen LogP contribution in [0.15, 0.2) is 18.3 Å². The summed E-state index contributed by atoms with van der Waals surface area (Å²) < 4.78 is 19.0. The molecule has 38 heavy (non-hydrogen) atoms. The topological polar surface area (TPSA) is 103 Å². The van der Waals surface area contributed by atoms with E-state index in [4.69, 9.17) is 19.3 Å². The number of Topliss-reactive ketones (excluding diaryl/α,β-unsaturated/α-hetero) is 1. The van der Waals surface area contributed by atoms with Crippen molar-refractivity contribution in [1.82, 2.24) is 19.6 Å². The molecule has 4 rings (SSSR count). The normalized spacial score (nSPS) is 17.7. The fourth-order valence-corrected chi connectivity index (χ4v) is 4.90. The molecule has 2 saturated heterocycles. The molecule has 2 aliphatic rings. The number of fused-ring (bicyclic) bond motifs is 1. The molecule has 0 radical (unpaired) electrons. The molecule has 1 aromatic carbocycles. The third-order valence-electron chi connectivity index (χ3n) is 6.82. The molecular formula is C28H40N4O6. The number of benzene rings is 1. The van der Waals surface area contributed by atoms with Gasteiger partial charge >= 0.3 is 12.2 Å². The molecule has 0 atom stereocenters. The first-order chi connectivity index (χ1) is 17.9. The second-order valence-electron chi connectivity index (χ2n) is 11.5. The Kier molecular flexibility index (Phi) is 8.18. The number of carbonyl (C=O) groups is 3. The van der Waals surface area contributed by atoms with Crippen molar-refractivity contribution in [1.29, 1.82) is 0 Å². The zero-order valence-corrected chi connectivity index (χ0v) is 23.4. The van der Waals surface area contributed by atoms with Gasteiger partial charge in [-0.3, -0.25) is 9.48 Å². The summed E-state index contributed by atoms with van der Waals surface area (Å²) in [5.41, 5.74) is 0.809. The number of ketones is 1. The van der Waals surface area contributed by atoms with Gasteiger partial charge in [0.1, 0.15) is 17.5 Å². The number of amides is 2. The standard InChI is InChI=1S/C28H40N4O6/c1-18(2)36-25-16-24-20(15-23(25)19(3)33)17-32(29-24)21-7-11-30(12-8-21)26(34)37-22-9-13-31(14-10-22)27(35)38-28(4,5)6/h15-18,21-22H,7-14H2,1-6H3. The highest BCUT2D eigenvalue weighted by molar-refractivity contribution is 6.00. The zero-order chi connectivity index (χ0) is 27.6. The monoisotopic (exact) mass is 528 g/mol. The van der Waals surface area contributed by atoms with E-state index in [0.29, 0.717) is 50.3 Å². The van der Waals surface area contributed by atoms with Crippen LogP contribution >= 0.6 is 0 Å². The average Bonchev–Trinajstić information content (AvgIpc) is 3.25. The summed E-state index contributed by atoms with van der Waals surface area (Å²) >= 11 is 0. The number of rotatable bonds is 5. The maximum absolute atomic E-state index is 12.8. The van der Waals surface area contributed by atoms with Gasteiger partial charge in [-0.05, 0) is 60.5 Å². The minimum absolute atomic E-state index is 0.0439. The first-order valence-electron chi connectivity index (χ1n) is 13.5. The zero-order valence-electron chi connectivity index (χ0n) is 23.4. The van der Waals surface area contributed by atoms with Crippen LogP contribution in [0.1, 0.15) is 83.6 Å². The van der Waals surface area contributed by atoms with E-state index in [1.165, 1.54) is 6.92 Å². The van der Waals surface area contributed by atoms with Crippen LogP contribution in [0.3, 0.4) is 0 Å². The Morgan fingerprint density at radius 3 is 2.13 bits per heavy atom. The van der Waals surface area contributed by atoms with Gasteiger partial charge in [0.05, 0.1) is 23.2 Å². The number of likely N-dealkylation sites (tertiary alicyclic amines) is 2. The van der Waals surface area contributed by atoms with Crippen LogP contribution in [0.4, 0.5) is 9.59 Å². The summed E-state index contributed by atoms with van der Waals surface area (Å²) in [5.74, 6) is 0.511. The van der Waals surface area contributed by atoms with Crippen molar-refractivity contribution in [2.24, 2.45) is 0 Å². The fourth-order valence-electron chi connectivity index (χ4n) is 4.90. The third-order valence-corrected chi connectivity index (χ3v) is 6.82. The lowest BCUT2D eigenvalue weighted by Crippen LogP contribution is -2.46. The highest BCUT2D eigenvalue weighted by Gasteiger charge is 2.31. The Hall–Kier alpha value is -3.30. The van der Waals surface area contributed by atoms with Gasteiger partial charge in [-0.25, -0.2) is 9.59 Å². The van der Waals surface area contributed by atoms with Gasteiger partial charge < -0.3 is 24.0 Å². The van der Waals surface area contributed by atoms with Gasteiger partial charge in [-0.15, -0.1) is 0 Å². The quantitative estimate of drug-likeness (QED) is 0.492. The molecule has 2 aromatic rings. The van der Waals surface area contributed by atoms with Crippen LogP contribution < -0.4 is 4.74 Å². The van der Waals surface area contributed by atoms with E-state index in [1.54, 1.807) is 9.80 Å². The summed E-state index contributed by atoms with van der Waals surface area (Å²) in [6, 6.07) is 3.83. The van der Waals surface area contributed by atoms with E-state index in [9.17, 15) is 14.4 Å². The lowest BCUT2D eigenvalue weighted by Gasteiger charge is -2.35. The number of carbonyl (C=O) groups excluding carboxylic acids is 3. The maximum Gasteiger partial charge on any atom is 0.410 e. The molecular weight excluding hydrogens is 488 g/mol. The molecule has 3 heterocycles. The predicted octanol–water partition coefficient (Wildman–Crippen LogP) is 5.20. The lowest BCUT2D eigenvalue weighted by molar-refractivity contribution is -0.000552. The van der Waals surface area contributed by atoms with Crippen LogP contribution in [0.25, 0.3) is 10.9 Å². The molecule has 2 fully saturated rings. The van der Waals surface area contributed by atoms with Gasteiger partial charge in [0.15, 0.2) is 5.78 Å². The van der Waals surface area contributed by atoms with Crippen molar-refractivity contribution in [2.45, 2.75) is 91.1 Å². The highest BCUT2D eigenvalue weighted by Crippen LogP contribution is 2.30. The minimum Gasteiger partial charge on any atom is -0.490 e. The van der Waals surface area contributed by atoms with Gasteiger partial charge in [0, 0.05) is 56.7 Å². The van der Waals surface area contributed by atoms with E-state index >= 15 is 0 Å². The Morgan fingerprint density at radius 2 is 1.55 bits per heavy atom. The number of hydrogen-bond acceptors (Lipinski definition) is 7. The van der Waals surface area contributed by atoms with E-state index in [1.807, 2.05) is 57.6 Å². The molecule has 10 heteroatoms. The average molecular weight is 529 g/mol. The summed E-state index contributed by atoms with van der Waals surface area (Å²) in [5, 5.41) is 5.65. The van der Waals surface area contributed by atoms with E-state index in [-0.39, 0.29) is 36.2 Å². The van der Waals surface area contributed by atoms with Crippen LogP contribution in [0, 0.1) is 0 Å². The molecule has 10 nitrogen and oxygen atoms in total. The molecule has 0 bridgehead atoms. The number of nitrogens with zero attached hydrogens (tertiary/aromatic N) is 4. The first kappa shape index (κ1) is 27.7. The number of piperidine rings is 2. The molecule has 0 spiro atoms. The summed E-state index contributed by atoms with van der Waals surface area (Å²) in [7, 11) is 0. The van der Waals surface area contributed by atoms with Crippen molar-refractivity contribution in [3.63, 3.8) is 0 Å². The van der Waals surface area contributed by atoms with Crippen molar-refractivity contribution >= 4 is 28.9 Å². The first-order valence-corrected chi connectivity index (χ1v) is 13.5. The third kappa shape index (κ3) is 6.76. The Labute approximate surface area is 224 Å². The van der Waals surface area contributed by atoms with Gasteiger partial charge in [0.25, 0.3) is 0 Å². The molecule has 2 aliphatic heterocycles. The van der Waals surface area contributed by atoms with Crippen molar-refractivity contribution < 1.29 is 28.6 Å². The maximum atomic E-state index is 12.8. The predicted molar refractivity (Wildman–Crippen MR) is 143 cm³/mol. The fraction of sp³-hybridized carbons (Fsp3) is 0.643. The lowest BCUT2D eigenvalue weighted by atomic mass is 10.1. The van der Waals surface area contributed by atoms with Crippen LogP contribution in [0.5, 0.6) is 5.75 Å². The van der Waals surface area contributed by atoms with Gasteiger partial charge in [-0.2, -0.15) is 5.10 Å². The van der Waals surface area contributed by atoms with Gasteiger partial charge in [-0.1, -0.05) is 0 Å². The molecule has 0 saturated carbocycles. The molecule has 208 valence electrons. The highest BCUT2D eigenvalue weighted by atomic mass is 16.6. The van der Waals surface area contributed by atoms with Crippen LogP contribution in [0.2, 0.25) is 0 Å². The van der Waals surface area contributed by atoms with Crippen molar-refractivity contribution in [2.75, 3.05) is 26.2 Å². The molecule has 0 unspecified atom stereocenters. The Morgan fingerprint density at radius 1 is 0.947 bits per heavy atom. The van der Waals surface area contributed by atoms with Crippen molar-refractivity contribution in [3.8, 4) is 5.75 Å². The number of ether oxygens (including phenoxy) is 3. The van der Waals surface area contributed by atoms with E-state index in [0.717, 1.165) is 23.7 Å². The SMILES string of the molecule is CC(=O)c1cc2cn(C3CCN(C(=O)OC4CCN(C(=O)OC(C)(C)C)CC4)CC3)nc2cc1OC(C)C. The summed E-state index contributed by atoms with van der Waals surface area (Å²) in [6.07, 6.45) is 3.82. The number of hydrogen-bond donors (Lipinski definition) is 0. The second-order valence-corrected chi connectivity index (χ2v) is 11.5. The molecule has 1 aromatic heterocycles. The van der Waals surface area contributed by atoms with E-state index in [2.05, 4.69) is 0 Å². The van der Waals surface area contributed by atoms with Crippen LogP contribution in [-0.2, 0) is 9.47 Å². The summed E-state index contributed by atoms with van der Waals surface area (Å²) in [6.45, 7) is 13.1. The smallest absolute Gasteiger partial charge is 0.410 e. The summed E-state index contributed by atoms with van der Waals surface area (Å²) in [4.78, 5) is 40.7. The Balaban J connectivity index is 1.30.